The number of benzene rings is 1. The minimum Gasteiger partial charge on any atom is -0.478 e. The number of pyridine rings is 1. The van der Waals surface area contributed by atoms with Crippen LogP contribution in [0.5, 0.6) is 0 Å². The van der Waals surface area contributed by atoms with Gasteiger partial charge in [-0.25, -0.2) is 18.2 Å². The molecule has 0 aliphatic heterocycles. The van der Waals surface area contributed by atoms with E-state index in [1.54, 1.807) is 25.1 Å². The summed E-state index contributed by atoms with van der Waals surface area (Å²) in [5.41, 5.74) is 1.34. The zero-order valence-corrected chi connectivity index (χ0v) is 12.3. The molecule has 1 aromatic heterocycles. The van der Waals surface area contributed by atoms with Gasteiger partial charge >= 0.3 is 5.97 Å². The number of carbonyl (C=O) groups is 1. The molecule has 7 heteroatoms. The average molecular weight is 306 g/mol. The molecular formula is C14H14N2O4S. The first-order valence-corrected chi connectivity index (χ1v) is 7.94. The van der Waals surface area contributed by atoms with Crippen molar-refractivity contribution < 1.29 is 18.3 Å². The van der Waals surface area contributed by atoms with Crippen molar-refractivity contribution in [3.63, 3.8) is 0 Å². The second-order valence-corrected chi connectivity index (χ2v) is 6.57. The number of aromatic carboxylic acids is 1. The van der Waals surface area contributed by atoms with E-state index in [4.69, 9.17) is 5.11 Å². The van der Waals surface area contributed by atoms with E-state index in [1.807, 2.05) is 0 Å². The Hall–Kier alpha value is -2.41. The molecule has 110 valence electrons. The van der Waals surface area contributed by atoms with Crippen molar-refractivity contribution in [2.24, 2.45) is 0 Å². The van der Waals surface area contributed by atoms with E-state index in [0.29, 0.717) is 11.3 Å². The van der Waals surface area contributed by atoms with Crippen LogP contribution < -0.4 is 5.32 Å². The zero-order chi connectivity index (χ0) is 15.6. The normalized spacial score (nSPS) is 11.1. The molecule has 0 aliphatic rings. The zero-order valence-electron chi connectivity index (χ0n) is 11.5. The summed E-state index contributed by atoms with van der Waals surface area (Å²) >= 11 is 0. The third kappa shape index (κ3) is 3.38. The second-order valence-electron chi connectivity index (χ2n) is 4.58. The Kier molecular flexibility index (Phi) is 3.95. The van der Waals surface area contributed by atoms with Gasteiger partial charge in [0.2, 0.25) is 0 Å². The largest absolute Gasteiger partial charge is 0.478 e. The van der Waals surface area contributed by atoms with Crippen molar-refractivity contribution in [2.45, 2.75) is 11.8 Å². The number of nitrogens with zero attached hydrogens (tertiary/aromatic N) is 1. The minimum atomic E-state index is -3.40. The quantitative estimate of drug-likeness (QED) is 0.899. The topological polar surface area (TPSA) is 96.4 Å². The maximum absolute atomic E-state index is 11.7. The SMILES string of the molecule is Cc1cc(Nc2ncccc2S(C)(=O)=O)ccc1C(=O)O. The lowest BCUT2D eigenvalue weighted by molar-refractivity contribution is 0.0696. The summed E-state index contributed by atoms with van der Waals surface area (Å²) < 4.78 is 23.4. The number of carboxylic acid groups (broad SMARTS) is 1. The molecule has 6 nitrogen and oxygen atoms in total. The molecule has 0 fully saturated rings. The predicted octanol–water partition coefficient (Wildman–Crippen LogP) is 2.24. The van der Waals surface area contributed by atoms with Crippen LogP contribution in [-0.4, -0.2) is 30.7 Å². The van der Waals surface area contributed by atoms with Gasteiger partial charge in [0.25, 0.3) is 0 Å². The van der Waals surface area contributed by atoms with Gasteiger partial charge in [-0.15, -0.1) is 0 Å². The molecule has 1 heterocycles. The lowest BCUT2D eigenvalue weighted by Gasteiger charge is -2.11. The summed E-state index contributed by atoms with van der Waals surface area (Å²) in [4.78, 5) is 15.1. The lowest BCUT2D eigenvalue weighted by Crippen LogP contribution is -2.05. The van der Waals surface area contributed by atoms with Crippen molar-refractivity contribution in [1.82, 2.24) is 4.98 Å². The van der Waals surface area contributed by atoms with Crippen LogP contribution in [0.2, 0.25) is 0 Å². The Labute approximate surface area is 122 Å². The Morgan fingerprint density at radius 3 is 2.57 bits per heavy atom. The maximum atomic E-state index is 11.7. The van der Waals surface area contributed by atoms with Crippen molar-refractivity contribution in [3.05, 3.63) is 47.7 Å². The highest BCUT2D eigenvalue weighted by atomic mass is 32.2. The van der Waals surface area contributed by atoms with E-state index < -0.39 is 15.8 Å². The molecule has 0 saturated heterocycles. The number of hydrogen-bond acceptors (Lipinski definition) is 5. The second kappa shape index (κ2) is 5.53. The van der Waals surface area contributed by atoms with Gasteiger partial charge in [0.05, 0.1) is 5.56 Å². The molecule has 0 amide bonds. The highest BCUT2D eigenvalue weighted by Crippen LogP contribution is 2.23. The molecular weight excluding hydrogens is 292 g/mol. The van der Waals surface area contributed by atoms with Gasteiger partial charge in [0, 0.05) is 18.1 Å². The number of rotatable bonds is 4. The van der Waals surface area contributed by atoms with Crippen molar-refractivity contribution in [2.75, 3.05) is 11.6 Å². The summed E-state index contributed by atoms with van der Waals surface area (Å²) in [6.45, 7) is 1.67. The van der Waals surface area contributed by atoms with Crippen molar-refractivity contribution in [3.8, 4) is 0 Å². The fourth-order valence-corrected chi connectivity index (χ4v) is 2.68. The first-order valence-electron chi connectivity index (χ1n) is 6.05. The predicted molar refractivity (Wildman–Crippen MR) is 78.8 cm³/mol. The molecule has 2 aromatic rings. The van der Waals surface area contributed by atoms with Gasteiger partial charge in [0.1, 0.15) is 10.7 Å². The Morgan fingerprint density at radius 1 is 1.29 bits per heavy atom. The lowest BCUT2D eigenvalue weighted by atomic mass is 10.1. The fraction of sp³-hybridized carbons (Fsp3) is 0.143. The average Bonchev–Trinajstić information content (AvgIpc) is 2.37. The van der Waals surface area contributed by atoms with Crippen LogP contribution >= 0.6 is 0 Å². The van der Waals surface area contributed by atoms with Gasteiger partial charge in [-0.2, -0.15) is 0 Å². The molecule has 21 heavy (non-hydrogen) atoms. The third-order valence-electron chi connectivity index (χ3n) is 2.89. The number of hydrogen-bond donors (Lipinski definition) is 2. The van der Waals surface area contributed by atoms with Crippen LogP contribution in [0.3, 0.4) is 0 Å². The number of sulfone groups is 1. The first kappa shape index (κ1) is 15.0. The molecule has 0 aliphatic carbocycles. The smallest absolute Gasteiger partial charge is 0.335 e. The van der Waals surface area contributed by atoms with Gasteiger partial charge < -0.3 is 10.4 Å². The molecule has 0 radical (unpaired) electrons. The van der Waals surface area contributed by atoms with E-state index >= 15 is 0 Å². The number of carboxylic acids is 1. The molecule has 0 saturated carbocycles. The van der Waals surface area contributed by atoms with Crippen LogP contribution in [0.25, 0.3) is 0 Å². The van der Waals surface area contributed by atoms with Gasteiger partial charge in [-0.3, -0.25) is 0 Å². The molecule has 2 rings (SSSR count). The summed E-state index contributed by atoms with van der Waals surface area (Å²) in [6.07, 6.45) is 2.59. The monoisotopic (exact) mass is 306 g/mol. The van der Waals surface area contributed by atoms with Crippen molar-refractivity contribution in [1.29, 1.82) is 0 Å². The minimum absolute atomic E-state index is 0.0879. The fourth-order valence-electron chi connectivity index (χ4n) is 1.90. The molecule has 0 bridgehead atoms. The number of anilines is 2. The Morgan fingerprint density at radius 2 is 2.00 bits per heavy atom. The Balaban J connectivity index is 2.40. The van der Waals surface area contributed by atoms with Gasteiger partial charge in [-0.1, -0.05) is 0 Å². The highest BCUT2D eigenvalue weighted by Gasteiger charge is 2.14. The molecule has 1 aromatic carbocycles. The van der Waals surface area contributed by atoms with E-state index in [0.717, 1.165) is 6.26 Å². The number of aryl methyl sites for hydroxylation is 1. The molecule has 2 N–H and O–H groups in total. The molecule has 0 unspecified atom stereocenters. The molecule has 0 atom stereocenters. The van der Waals surface area contributed by atoms with E-state index in [-0.39, 0.29) is 16.3 Å². The van der Waals surface area contributed by atoms with Crippen LogP contribution in [0, 0.1) is 6.92 Å². The summed E-state index contributed by atoms with van der Waals surface area (Å²) in [6, 6.07) is 7.66. The third-order valence-corrected chi connectivity index (χ3v) is 4.02. The van der Waals surface area contributed by atoms with Crippen LogP contribution in [0.1, 0.15) is 15.9 Å². The summed E-state index contributed by atoms with van der Waals surface area (Å²) in [5.74, 6) is -0.795. The van der Waals surface area contributed by atoms with Gasteiger partial charge in [-0.05, 0) is 42.8 Å². The number of nitrogens with one attached hydrogen (secondary N) is 1. The van der Waals surface area contributed by atoms with E-state index in [9.17, 15) is 13.2 Å². The van der Waals surface area contributed by atoms with Gasteiger partial charge in [0.15, 0.2) is 9.84 Å². The van der Waals surface area contributed by atoms with Crippen LogP contribution in [-0.2, 0) is 9.84 Å². The van der Waals surface area contributed by atoms with Crippen molar-refractivity contribution >= 4 is 27.3 Å². The molecule has 0 spiro atoms. The summed E-state index contributed by atoms with van der Waals surface area (Å²) in [7, 11) is -3.40. The summed E-state index contributed by atoms with van der Waals surface area (Å²) in [5, 5.41) is 11.9. The standard InChI is InChI=1S/C14H14N2O4S/c1-9-8-10(5-6-11(9)14(17)18)16-13-12(21(2,19)20)4-3-7-15-13/h3-8H,1-2H3,(H,15,16)(H,17,18). The first-order chi connectivity index (χ1) is 9.79. The van der Waals surface area contributed by atoms with Crippen LogP contribution in [0.15, 0.2) is 41.4 Å². The van der Waals surface area contributed by atoms with Crippen LogP contribution in [0.4, 0.5) is 11.5 Å². The Bertz CT molecular complexity index is 800. The maximum Gasteiger partial charge on any atom is 0.335 e. The highest BCUT2D eigenvalue weighted by molar-refractivity contribution is 7.90. The number of aromatic nitrogens is 1. The van der Waals surface area contributed by atoms with E-state index in [2.05, 4.69) is 10.3 Å². The van der Waals surface area contributed by atoms with E-state index in [1.165, 1.54) is 18.3 Å².